The van der Waals surface area contributed by atoms with E-state index in [1.54, 1.807) is 0 Å². The van der Waals surface area contributed by atoms with Gasteiger partial charge in [0, 0.05) is 6.42 Å². The molecule has 1 saturated carbocycles. The van der Waals surface area contributed by atoms with E-state index >= 15 is 0 Å². The second-order valence-corrected chi connectivity index (χ2v) is 4.21. The zero-order valence-electron chi connectivity index (χ0n) is 9.03. The molecule has 0 saturated heterocycles. The van der Waals surface area contributed by atoms with Crippen molar-refractivity contribution in [3.8, 4) is 12.3 Å². The van der Waals surface area contributed by atoms with Gasteiger partial charge in [-0.15, -0.1) is 12.3 Å². The number of terminal acetylenes is 1. The van der Waals surface area contributed by atoms with Crippen LogP contribution in [0.15, 0.2) is 0 Å². The third-order valence-electron chi connectivity index (χ3n) is 2.86. The lowest BCUT2D eigenvalue weighted by atomic mass is 9.74. The summed E-state index contributed by atoms with van der Waals surface area (Å²) in [5, 5.41) is 11.5. The monoisotopic (exact) mass is 224 g/mol. The highest BCUT2D eigenvalue weighted by Gasteiger charge is 2.40. The SMILES string of the molecule is C#CCC(N)C(=O)NC1(CC(=O)O)CCC1. The summed E-state index contributed by atoms with van der Waals surface area (Å²) >= 11 is 0. The molecule has 4 N–H and O–H groups in total. The predicted molar refractivity (Wildman–Crippen MR) is 58.4 cm³/mol. The zero-order valence-corrected chi connectivity index (χ0v) is 9.03. The average Bonchev–Trinajstić information content (AvgIpc) is 2.13. The normalized spacial score (nSPS) is 19.0. The van der Waals surface area contributed by atoms with Gasteiger partial charge in [0.1, 0.15) is 0 Å². The number of carbonyl (C=O) groups is 2. The quantitative estimate of drug-likeness (QED) is 0.566. The Bertz CT molecular complexity index is 329. The lowest BCUT2D eigenvalue weighted by Gasteiger charge is -2.42. The van der Waals surface area contributed by atoms with Crippen molar-refractivity contribution in [1.29, 1.82) is 0 Å². The van der Waals surface area contributed by atoms with Gasteiger partial charge in [-0.25, -0.2) is 0 Å². The van der Waals surface area contributed by atoms with Crippen LogP contribution in [0.1, 0.15) is 32.1 Å². The maximum atomic E-state index is 11.6. The highest BCUT2D eigenvalue weighted by Crippen LogP contribution is 2.34. The Morgan fingerprint density at radius 1 is 1.56 bits per heavy atom. The summed E-state index contributed by atoms with van der Waals surface area (Å²) in [6.07, 6.45) is 7.47. The van der Waals surface area contributed by atoms with E-state index in [0.29, 0.717) is 12.8 Å². The number of hydrogen-bond acceptors (Lipinski definition) is 3. The first-order valence-electron chi connectivity index (χ1n) is 5.22. The molecule has 0 bridgehead atoms. The van der Waals surface area contributed by atoms with Crippen molar-refractivity contribution < 1.29 is 14.7 Å². The fourth-order valence-electron chi connectivity index (χ4n) is 1.81. The highest BCUT2D eigenvalue weighted by molar-refractivity contribution is 5.83. The minimum atomic E-state index is -0.912. The minimum Gasteiger partial charge on any atom is -0.481 e. The second kappa shape index (κ2) is 4.99. The molecule has 0 radical (unpaired) electrons. The lowest BCUT2D eigenvalue weighted by molar-refractivity contribution is -0.140. The molecule has 1 rings (SSSR count). The van der Waals surface area contributed by atoms with Gasteiger partial charge in [0.15, 0.2) is 0 Å². The van der Waals surface area contributed by atoms with Gasteiger partial charge in [-0.3, -0.25) is 9.59 Å². The van der Waals surface area contributed by atoms with Crippen molar-refractivity contribution in [2.24, 2.45) is 5.73 Å². The van der Waals surface area contributed by atoms with Crippen LogP contribution >= 0.6 is 0 Å². The van der Waals surface area contributed by atoms with Crippen LogP contribution in [-0.2, 0) is 9.59 Å². The Labute approximate surface area is 94.4 Å². The fraction of sp³-hybridized carbons (Fsp3) is 0.636. The smallest absolute Gasteiger partial charge is 0.305 e. The summed E-state index contributed by atoms with van der Waals surface area (Å²) in [5.74, 6) is 1.04. The van der Waals surface area contributed by atoms with Gasteiger partial charge in [0.25, 0.3) is 0 Å². The molecule has 1 aliphatic rings. The van der Waals surface area contributed by atoms with Crippen LogP contribution in [0.5, 0.6) is 0 Å². The Kier molecular flexibility index (Phi) is 3.91. The van der Waals surface area contributed by atoms with Crippen LogP contribution in [0.3, 0.4) is 0 Å². The van der Waals surface area contributed by atoms with E-state index in [2.05, 4.69) is 11.2 Å². The van der Waals surface area contributed by atoms with Crippen LogP contribution in [0.4, 0.5) is 0 Å². The van der Waals surface area contributed by atoms with Gasteiger partial charge in [-0.1, -0.05) is 0 Å². The molecule has 5 nitrogen and oxygen atoms in total. The van der Waals surface area contributed by atoms with E-state index in [9.17, 15) is 9.59 Å². The largest absolute Gasteiger partial charge is 0.481 e. The molecule has 0 aromatic carbocycles. The van der Waals surface area contributed by atoms with Crippen molar-refractivity contribution in [1.82, 2.24) is 5.32 Å². The molecule has 1 fully saturated rings. The van der Waals surface area contributed by atoms with E-state index < -0.39 is 17.6 Å². The average molecular weight is 224 g/mol. The van der Waals surface area contributed by atoms with Crippen LogP contribution in [0, 0.1) is 12.3 Å². The van der Waals surface area contributed by atoms with E-state index in [-0.39, 0.29) is 18.7 Å². The lowest BCUT2D eigenvalue weighted by Crippen LogP contribution is -2.58. The number of carbonyl (C=O) groups excluding carboxylic acids is 1. The standard InChI is InChI=1S/C11H16N2O3/c1-2-4-8(12)10(16)13-11(5-3-6-11)7-9(14)15/h1,8H,3-7,12H2,(H,13,16)(H,14,15). The summed E-state index contributed by atoms with van der Waals surface area (Å²) in [4.78, 5) is 22.3. The Morgan fingerprint density at radius 3 is 2.56 bits per heavy atom. The van der Waals surface area contributed by atoms with Gasteiger partial charge in [-0.2, -0.15) is 0 Å². The molecule has 0 spiro atoms. The molecule has 0 heterocycles. The minimum absolute atomic E-state index is 0.0541. The van der Waals surface area contributed by atoms with Gasteiger partial charge < -0.3 is 16.2 Å². The number of rotatable bonds is 5. The number of nitrogens with two attached hydrogens (primary N) is 1. The maximum absolute atomic E-state index is 11.6. The highest BCUT2D eigenvalue weighted by atomic mass is 16.4. The summed E-state index contributed by atoms with van der Waals surface area (Å²) < 4.78 is 0. The van der Waals surface area contributed by atoms with Gasteiger partial charge >= 0.3 is 5.97 Å². The summed E-state index contributed by atoms with van der Waals surface area (Å²) in [7, 11) is 0. The number of nitrogens with one attached hydrogen (secondary N) is 1. The molecular weight excluding hydrogens is 208 g/mol. The van der Waals surface area contributed by atoms with Crippen LogP contribution in [0.2, 0.25) is 0 Å². The Morgan fingerprint density at radius 2 is 2.19 bits per heavy atom. The Balaban J connectivity index is 2.53. The molecule has 88 valence electrons. The summed E-state index contributed by atoms with van der Waals surface area (Å²) in [6, 6.07) is -0.753. The molecule has 5 heteroatoms. The van der Waals surface area contributed by atoms with E-state index in [1.165, 1.54) is 0 Å². The van der Waals surface area contributed by atoms with Crippen molar-refractivity contribution in [3.63, 3.8) is 0 Å². The predicted octanol–water partition coefficient (Wildman–Crippen LogP) is -0.149. The topological polar surface area (TPSA) is 92.4 Å². The van der Waals surface area contributed by atoms with E-state index in [0.717, 1.165) is 6.42 Å². The van der Waals surface area contributed by atoms with Crippen LogP contribution < -0.4 is 11.1 Å². The number of amides is 1. The number of carboxylic acids is 1. The third kappa shape index (κ3) is 2.97. The number of hydrogen-bond donors (Lipinski definition) is 3. The first-order chi connectivity index (χ1) is 7.49. The van der Waals surface area contributed by atoms with Gasteiger partial charge in [0.2, 0.25) is 5.91 Å². The molecule has 1 amide bonds. The molecule has 0 aromatic heterocycles. The molecule has 1 atom stereocenters. The zero-order chi connectivity index (χ0) is 12.2. The van der Waals surface area contributed by atoms with Crippen molar-refractivity contribution in [2.75, 3.05) is 0 Å². The summed E-state index contributed by atoms with van der Waals surface area (Å²) in [6.45, 7) is 0. The fourth-order valence-corrected chi connectivity index (χ4v) is 1.81. The summed E-state index contributed by atoms with van der Waals surface area (Å²) in [5.41, 5.74) is 4.94. The Hall–Kier alpha value is -1.54. The van der Waals surface area contributed by atoms with Gasteiger partial charge in [-0.05, 0) is 19.3 Å². The van der Waals surface area contributed by atoms with E-state index in [4.69, 9.17) is 17.3 Å². The molecular formula is C11H16N2O3. The first kappa shape index (κ1) is 12.5. The van der Waals surface area contributed by atoms with E-state index in [1.807, 2.05) is 0 Å². The third-order valence-corrected chi connectivity index (χ3v) is 2.86. The van der Waals surface area contributed by atoms with Gasteiger partial charge in [0.05, 0.1) is 18.0 Å². The van der Waals surface area contributed by atoms with Crippen molar-refractivity contribution >= 4 is 11.9 Å². The molecule has 0 aliphatic heterocycles. The number of carboxylic acid groups (broad SMARTS) is 1. The molecule has 16 heavy (non-hydrogen) atoms. The van der Waals surface area contributed by atoms with Crippen molar-refractivity contribution in [2.45, 2.75) is 43.7 Å². The molecule has 1 unspecified atom stereocenters. The molecule has 0 aromatic rings. The first-order valence-corrected chi connectivity index (χ1v) is 5.22. The van der Waals surface area contributed by atoms with Crippen LogP contribution in [0.25, 0.3) is 0 Å². The second-order valence-electron chi connectivity index (χ2n) is 4.21. The van der Waals surface area contributed by atoms with Crippen LogP contribution in [-0.4, -0.2) is 28.6 Å². The van der Waals surface area contributed by atoms with Crippen molar-refractivity contribution in [3.05, 3.63) is 0 Å². The molecule has 1 aliphatic carbocycles. The maximum Gasteiger partial charge on any atom is 0.305 e. The number of aliphatic carboxylic acids is 1.